The Labute approximate surface area is 131 Å². The Kier molecular flexibility index (Phi) is 3.85. The van der Waals surface area contributed by atoms with Crippen molar-refractivity contribution in [2.75, 3.05) is 0 Å². The summed E-state index contributed by atoms with van der Waals surface area (Å²) in [6.45, 7) is 2.07. The second-order valence-corrected chi connectivity index (χ2v) is 5.39. The molecule has 0 spiro atoms. The van der Waals surface area contributed by atoms with Gasteiger partial charge in [-0.25, -0.2) is 4.98 Å². The molecular weight excluding hydrogens is 305 g/mol. The van der Waals surface area contributed by atoms with Gasteiger partial charge < -0.3 is 9.67 Å². The molecule has 0 fully saturated rings. The number of nitrogens with zero attached hydrogens (tertiary/aromatic N) is 2. The van der Waals surface area contributed by atoms with Crippen LogP contribution in [0.2, 0.25) is 0 Å². The van der Waals surface area contributed by atoms with E-state index in [0.717, 1.165) is 29.0 Å². The van der Waals surface area contributed by atoms with E-state index in [2.05, 4.69) is 4.98 Å². The number of aromatic nitrogens is 2. The van der Waals surface area contributed by atoms with Gasteiger partial charge in [-0.3, -0.25) is 0 Å². The number of aliphatic hydroxyl groups is 1. The summed E-state index contributed by atoms with van der Waals surface area (Å²) in [5, 5.41) is 10.3. The van der Waals surface area contributed by atoms with Gasteiger partial charge in [0.15, 0.2) is 0 Å². The van der Waals surface area contributed by atoms with Gasteiger partial charge in [-0.05, 0) is 36.8 Å². The highest BCUT2D eigenvalue weighted by atomic mass is 19.4. The minimum atomic E-state index is -4.37. The van der Waals surface area contributed by atoms with E-state index >= 15 is 0 Å². The molecule has 1 aromatic heterocycles. The number of aryl methyl sites for hydroxylation is 1. The van der Waals surface area contributed by atoms with Gasteiger partial charge in [0.05, 0.1) is 29.2 Å². The first-order valence-electron chi connectivity index (χ1n) is 7.13. The second kappa shape index (κ2) is 5.70. The molecule has 0 bridgehead atoms. The molecule has 6 heteroatoms. The van der Waals surface area contributed by atoms with E-state index in [9.17, 15) is 18.3 Å². The van der Waals surface area contributed by atoms with Gasteiger partial charge in [-0.15, -0.1) is 0 Å². The van der Waals surface area contributed by atoms with E-state index in [1.54, 1.807) is 0 Å². The largest absolute Gasteiger partial charge is 0.416 e. The summed E-state index contributed by atoms with van der Waals surface area (Å²) in [5.74, 6) is 0.747. The molecule has 2 aromatic carbocycles. The van der Waals surface area contributed by atoms with Crippen LogP contribution in [0.5, 0.6) is 0 Å². The molecule has 0 aliphatic heterocycles. The van der Waals surface area contributed by atoms with Gasteiger partial charge in [0, 0.05) is 0 Å². The van der Waals surface area contributed by atoms with Crippen LogP contribution in [0.1, 0.15) is 23.1 Å². The summed E-state index contributed by atoms with van der Waals surface area (Å²) in [5.41, 5.74) is 1.42. The van der Waals surface area contributed by atoms with Crippen LogP contribution in [0.25, 0.3) is 11.0 Å². The van der Waals surface area contributed by atoms with Crippen LogP contribution in [-0.4, -0.2) is 14.7 Å². The molecule has 0 saturated carbocycles. The maximum atomic E-state index is 12.6. The third-order valence-corrected chi connectivity index (χ3v) is 3.82. The topological polar surface area (TPSA) is 38.0 Å². The van der Waals surface area contributed by atoms with Crippen molar-refractivity contribution in [3.05, 3.63) is 65.5 Å². The summed E-state index contributed by atoms with van der Waals surface area (Å²) < 4.78 is 39.6. The Bertz CT molecular complexity index is 822. The third-order valence-electron chi connectivity index (χ3n) is 3.82. The van der Waals surface area contributed by atoms with Gasteiger partial charge in [0.1, 0.15) is 5.82 Å². The number of imidazole rings is 1. The average Bonchev–Trinajstić information content (AvgIpc) is 2.82. The number of fused-ring (bicyclic) bond motifs is 1. The first-order chi connectivity index (χ1) is 10.9. The number of para-hydroxylation sites is 2. The zero-order chi connectivity index (χ0) is 16.6. The van der Waals surface area contributed by atoms with Crippen molar-refractivity contribution < 1.29 is 18.3 Å². The number of aliphatic hydroxyl groups excluding tert-OH is 1. The van der Waals surface area contributed by atoms with Crippen molar-refractivity contribution in [3.8, 4) is 0 Å². The molecule has 1 atom stereocenters. The van der Waals surface area contributed by atoms with Crippen molar-refractivity contribution in [1.29, 1.82) is 0 Å². The molecule has 0 aliphatic rings. The second-order valence-electron chi connectivity index (χ2n) is 5.39. The molecule has 0 aliphatic carbocycles. The van der Waals surface area contributed by atoms with Crippen LogP contribution in [0, 0.1) is 6.92 Å². The number of alkyl halides is 3. The Hall–Kier alpha value is -2.34. The lowest BCUT2D eigenvalue weighted by Crippen LogP contribution is -2.11. The van der Waals surface area contributed by atoms with E-state index in [0.29, 0.717) is 5.56 Å². The van der Waals surface area contributed by atoms with E-state index in [1.165, 1.54) is 12.1 Å². The Balaban J connectivity index is 1.86. The molecule has 23 heavy (non-hydrogen) atoms. The maximum Gasteiger partial charge on any atom is 0.416 e. The fourth-order valence-corrected chi connectivity index (χ4v) is 2.60. The smallest absolute Gasteiger partial charge is 0.387 e. The van der Waals surface area contributed by atoms with Gasteiger partial charge in [0.2, 0.25) is 0 Å². The molecule has 120 valence electrons. The van der Waals surface area contributed by atoms with Gasteiger partial charge >= 0.3 is 6.18 Å². The fourth-order valence-electron chi connectivity index (χ4n) is 2.60. The Morgan fingerprint density at radius 2 is 1.74 bits per heavy atom. The molecular formula is C17H15F3N2O. The van der Waals surface area contributed by atoms with Crippen LogP contribution < -0.4 is 0 Å². The zero-order valence-corrected chi connectivity index (χ0v) is 12.4. The number of halogens is 3. The van der Waals surface area contributed by atoms with Crippen LogP contribution in [0.15, 0.2) is 48.5 Å². The highest BCUT2D eigenvalue weighted by Crippen LogP contribution is 2.30. The molecule has 1 unspecified atom stereocenters. The zero-order valence-electron chi connectivity index (χ0n) is 12.4. The van der Waals surface area contributed by atoms with Gasteiger partial charge in [0.25, 0.3) is 0 Å². The minimum absolute atomic E-state index is 0.234. The number of benzene rings is 2. The molecule has 1 heterocycles. The van der Waals surface area contributed by atoms with Crippen molar-refractivity contribution >= 4 is 11.0 Å². The van der Waals surface area contributed by atoms with Crippen molar-refractivity contribution in [1.82, 2.24) is 9.55 Å². The Morgan fingerprint density at radius 3 is 2.39 bits per heavy atom. The quantitative estimate of drug-likeness (QED) is 0.789. The van der Waals surface area contributed by atoms with E-state index in [-0.39, 0.29) is 6.54 Å². The number of hydrogen-bond donors (Lipinski definition) is 1. The predicted octanol–water partition coefficient (Wildman–Crippen LogP) is 4.10. The molecule has 3 nitrogen and oxygen atoms in total. The summed E-state index contributed by atoms with van der Waals surface area (Å²) in [6.07, 6.45) is -5.28. The summed E-state index contributed by atoms with van der Waals surface area (Å²) in [6, 6.07) is 12.1. The molecule has 3 aromatic rings. The lowest BCUT2D eigenvalue weighted by Gasteiger charge is -2.15. The first kappa shape index (κ1) is 15.6. The highest BCUT2D eigenvalue weighted by Gasteiger charge is 2.30. The van der Waals surface area contributed by atoms with Crippen LogP contribution in [0.4, 0.5) is 13.2 Å². The SMILES string of the molecule is Cc1nc2ccccc2n1CC(O)c1ccc(C(F)(F)F)cc1. The fraction of sp³-hybridized carbons (Fsp3) is 0.235. The lowest BCUT2D eigenvalue weighted by atomic mass is 10.1. The lowest BCUT2D eigenvalue weighted by molar-refractivity contribution is -0.137. The predicted molar refractivity (Wildman–Crippen MR) is 80.9 cm³/mol. The normalized spacial score (nSPS) is 13.4. The minimum Gasteiger partial charge on any atom is -0.387 e. The summed E-state index contributed by atoms with van der Waals surface area (Å²) in [4.78, 5) is 4.41. The third kappa shape index (κ3) is 3.07. The van der Waals surface area contributed by atoms with Crippen molar-refractivity contribution in [2.45, 2.75) is 25.7 Å². The van der Waals surface area contributed by atoms with Gasteiger partial charge in [-0.2, -0.15) is 13.2 Å². The van der Waals surface area contributed by atoms with Crippen LogP contribution >= 0.6 is 0 Å². The van der Waals surface area contributed by atoms with Gasteiger partial charge in [-0.1, -0.05) is 24.3 Å². The van der Waals surface area contributed by atoms with Crippen molar-refractivity contribution in [3.63, 3.8) is 0 Å². The number of hydrogen-bond acceptors (Lipinski definition) is 2. The molecule has 3 rings (SSSR count). The first-order valence-corrected chi connectivity index (χ1v) is 7.13. The van der Waals surface area contributed by atoms with Crippen molar-refractivity contribution in [2.24, 2.45) is 0 Å². The summed E-state index contributed by atoms with van der Waals surface area (Å²) >= 11 is 0. The number of rotatable bonds is 3. The van der Waals surface area contributed by atoms with E-state index in [4.69, 9.17) is 0 Å². The average molecular weight is 320 g/mol. The van der Waals surface area contributed by atoms with Crippen LogP contribution in [-0.2, 0) is 12.7 Å². The van der Waals surface area contributed by atoms with E-state index < -0.39 is 17.8 Å². The molecule has 1 N–H and O–H groups in total. The highest BCUT2D eigenvalue weighted by molar-refractivity contribution is 5.75. The molecule has 0 saturated heterocycles. The summed E-state index contributed by atoms with van der Waals surface area (Å²) in [7, 11) is 0. The van der Waals surface area contributed by atoms with E-state index in [1.807, 2.05) is 35.8 Å². The van der Waals surface area contributed by atoms with Crippen LogP contribution in [0.3, 0.4) is 0 Å². The standard InChI is InChI=1S/C17H15F3N2O/c1-11-21-14-4-2-3-5-15(14)22(11)10-16(23)12-6-8-13(9-7-12)17(18,19)20/h2-9,16,23H,10H2,1H3. The molecule has 0 amide bonds. The maximum absolute atomic E-state index is 12.6. The Morgan fingerprint density at radius 1 is 1.09 bits per heavy atom. The monoisotopic (exact) mass is 320 g/mol. The molecule has 0 radical (unpaired) electrons.